The third kappa shape index (κ3) is 3.88. The van der Waals surface area contributed by atoms with Gasteiger partial charge in [-0.1, -0.05) is 33.6 Å². The van der Waals surface area contributed by atoms with Gasteiger partial charge in [-0.3, -0.25) is 4.79 Å². The van der Waals surface area contributed by atoms with Crippen molar-refractivity contribution in [1.82, 2.24) is 5.43 Å². The van der Waals surface area contributed by atoms with Crippen LogP contribution in [0.25, 0.3) is 0 Å². The fourth-order valence-corrected chi connectivity index (χ4v) is 2.06. The summed E-state index contributed by atoms with van der Waals surface area (Å²) in [6, 6.07) is 9.60. The van der Waals surface area contributed by atoms with Crippen molar-refractivity contribution in [3.63, 3.8) is 0 Å². The van der Waals surface area contributed by atoms with E-state index in [4.69, 9.17) is 0 Å². The quantitative estimate of drug-likeness (QED) is 0.658. The molecule has 2 rings (SSSR count). The number of halogens is 2. The predicted molar refractivity (Wildman–Crippen MR) is 82.0 cm³/mol. The molecule has 0 aromatic heterocycles. The Morgan fingerprint density at radius 3 is 2.67 bits per heavy atom. The highest BCUT2D eigenvalue weighted by Gasteiger charge is 2.07. The Labute approximate surface area is 129 Å². The summed E-state index contributed by atoms with van der Waals surface area (Å²) < 4.78 is 13.8. The Morgan fingerprint density at radius 1 is 1.33 bits per heavy atom. The zero-order valence-electron chi connectivity index (χ0n) is 11.1. The molecule has 0 saturated heterocycles. The average molecular weight is 351 g/mol. The van der Waals surface area contributed by atoms with Gasteiger partial charge in [0.1, 0.15) is 0 Å². The number of rotatable bonds is 3. The monoisotopic (exact) mass is 350 g/mol. The van der Waals surface area contributed by atoms with Crippen LogP contribution in [0.15, 0.2) is 46.0 Å². The number of aryl methyl sites for hydroxylation is 1. The Kier molecular flexibility index (Phi) is 4.70. The number of carbonyl (C=O) groups is 1. The van der Waals surface area contributed by atoms with Crippen LogP contribution in [0.1, 0.15) is 21.5 Å². The molecule has 0 bridgehead atoms. The van der Waals surface area contributed by atoms with E-state index in [1.54, 1.807) is 12.1 Å². The van der Waals surface area contributed by atoms with Crippen LogP contribution in [0.2, 0.25) is 0 Å². The van der Waals surface area contributed by atoms with E-state index in [9.17, 15) is 14.3 Å². The second-order valence-electron chi connectivity index (χ2n) is 4.39. The lowest BCUT2D eigenvalue weighted by molar-refractivity contribution is 0.0955. The van der Waals surface area contributed by atoms with Crippen LogP contribution in [0, 0.1) is 12.7 Å². The van der Waals surface area contributed by atoms with Gasteiger partial charge >= 0.3 is 0 Å². The summed E-state index contributed by atoms with van der Waals surface area (Å²) in [5.41, 5.74) is 3.98. The van der Waals surface area contributed by atoms with Gasteiger partial charge in [-0.15, -0.1) is 0 Å². The zero-order valence-corrected chi connectivity index (χ0v) is 12.7. The average Bonchev–Trinajstić information content (AvgIpc) is 2.44. The topological polar surface area (TPSA) is 61.7 Å². The number of nitrogens with zero attached hydrogens (tertiary/aromatic N) is 1. The second-order valence-corrected chi connectivity index (χ2v) is 5.31. The second kappa shape index (κ2) is 6.49. The van der Waals surface area contributed by atoms with Crippen LogP contribution >= 0.6 is 15.9 Å². The molecule has 0 unspecified atom stereocenters. The summed E-state index contributed by atoms with van der Waals surface area (Å²) in [7, 11) is 0. The number of hydrogen-bond donors (Lipinski definition) is 2. The molecule has 4 nitrogen and oxygen atoms in total. The smallest absolute Gasteiger partial charge is 0.271 e. The maximum Gasteiger partial charge on any atom is 0.271 e. The SMILES string of the molecule is Cc1ccc(C(=O)N/N=C/c2cc(Br)cc(F)c2O)cc1. The summed E-state index contributed by atoms with van der Waals surface area (Å²) in [6.07, 6.45) is 1.18. The summed E-state index contributed by atoms with van der Waals surface area (Å²) >= 11 is 3.11. The summed E-state index contributed by atoms with van der Waals surface area (Å²) in [6.45, 7) is 1.92. The van der Waals surface area contributed by atoms with Gasteiger partial charge in [-0.05, 0) is 31.2 Å². The van der Waals surface area contributed by atoms with E-state index in [-0.39, 0.29) is 11.5 Å². The predicted octanol–water partition coefficient (Wildman–Crippen LogP) is 3.37. The lowest BCUT2D eigenvalue weighted by Crippen LogP contribution is -2.17. The molecule has 0 fully saturated rings. The maximum absolute atomic E-state index is 13.3. The van der Waals surface area contributed by atoms with Crippen molar-refractivity contribution in [1.29, 1.82) is 0 Å². The van der Waals surface area contributed by atoms with E-state index in [0.29, 0.717) is 10.0 Å². The molecule has 0 spiro atoms. The van der Waals surface area contributed by atoms with Gasteiger partial charge in [0, 0.05) is 15.6 Å². The molecule has 0 aliphatic carbocycles. The fraction of sp³-hybridized carbons (Fsp3) is 0.0667. The first-order valence-electron chi connectivity index (χ1n) is 6.05. The number of nitrogens with one attached hydrogen (secondary N) is 1. The third-order valence-corrected chi connectivity index (χ3v) is 3.20. The normalized spacial score (nSPS) is 10.8. The Balaban J connectivity index is 2.09. The minimum absolute atomic E-state index is 0.158. The van der Waals surface area contributed by atoms with Gasteiger partial charge in [-0.25, -0.2) is 9.82 Å². The van der Waals surface area contributed by atoms with Gasteiger partial charge in [0.2, 0.25) is 0 Å². The highest BCUT2D eigenvalue weighted by molar-refractivity contribution is 9.10. The summed E-state index contributed by atoms with van der Waals surface area (Å²) in [5.74, 6) is -1.68. The number of carbonyl (C=O) groups excluding carboxylic acids is 1. The third-order valence-electron chi connectivity index (χ3n) is 2.74. The molecular weight excluding hydrogens is 339 g/mol. The molecule has 0 radical (unpaired) electrons. The number of benzene rings is 2. The van der Waals surface area contributed by atoms with E-state index < -0.39 is 11.6 Å². The van der Waals surface area contributed by atoms with Crippen molar-refractivity contribution in [2.24, 2.45) is 5.10 Å². The van der Waals surface area contributed by atoms with Crippen LogP contribution in [0.4, 0.5) is 4.39 Å². The van der Waals surface area contributed by atoms with Crippen LogP contribution < -0.4 is 5.43 Å². The number of hydrogen-bond acceptors (Lipinski definition) is 3. The first-order chi connectivity index (χ1) is 9.97. The van der Waals surface area contributed by atoms with Gasteiger partial charge in [0.25, 0.3) is 5.91 Å². The maximum atomic E-state index is 13.3. The molecular formula is C15H12BrFN2O2. The van der Waals surface area contributed by atoms with Crippen molar-refractivity contribution in [3.8, 4) is 5.75 Å². The van der Waals surface area contributed by atoms with Crippen LogP contribution in [0.3, 0.4) is 0 Å². The van der Waals surface area contributed by atoms with Crippen molar-refractivity contribution < 1.29 is 14.3 Å². The molecule has 21 heavy (non-hydrogen) atoms. The molecule has 2 N–H and O–H groups in total. The van der Waals surface area contributed by atoms with Gasteiger partial charge in [0.15, 0.2) is 11.6 Å². The van der Waals surface area contributed by atoms with E-state index in [2.05, 4.69) is 26.5 Å². The van der Waals surface area contributed by atoms with Gasteiger partial charge in [-0.2, -0.15) is 5.10 Å². The van der Waals surface area contributed by atoms with Crippen molar-refractivity contribution >= 4 is 28.1 Å². The number of phenolic OH excluding ortho intramolecular Hbond substituents is 1. The standard InChI is InChI=1S/C15H12BrFN2O2/c1-9-2-4-10(5-3-9)15(21)19-18-8-11-6-12(16)7-13(17)14(11)20/h2-8,20H,1H3,(H,19,21)/b18-8+. The first kappa shape index (κ1) is 15.2. The number of amides is 1. The molecule has 1 amide bonds. The molecule has 2 aromatic carbocycles. The largest absolute Gasteiger partial charge is 0.504 e. The molecule has 0 aliphatic heterocycles. The highest BCUT2D eigenvalue weighted by Crippen LogP contribution is 2.24. The van der Waals surface area contributed by atoms with E-state index in [0.717, 1.165) is 11.6 Å². The summed E-state index contributed by atoms with van der Waals surface area (Å²) in [5, 5.41) is 13.2. The molecule has 0 heterocycles. The van der Waals surface area contributed by atoms with E-state index >= 15 is 0 Å². The molecule has 0 aliphatic rings. The highest BCUT2D eigenvalue weighted by atomic mass is 79.9. The first-order valence-corrected chi connectivity index (χ1v) is 6.85. The van der Waals surface area contributed by atoms with E-state index in [1.807, 2.05) is 19.1 Å². The van der Waals surface area contributed by atoms with Gasteiger partial charge in [0.05, 0.1) is 6.21 Å². The summed E-state index contributed by atoms with van der Waals surface area (Å²) in [4.78, 5) is 11.8. The molecule has 0 saturated carbocycles. The molecule has 6 heteroatoms. The molecule has 2 aromatic rings. The number of phenols is 1. The number of hydrazone groups is 1. The van der Waals surface area contributed by atoms with Gasteiger partial charge < -0.3 is 5.11 Å². The van der Waals surface area contributed by atoms with Crippen molar-refractivity contribution in [2.45, 2.75) is 6.92 Å². The van der Waals surface area contributed by atoms with Crippen molar-refractivity contribution in [3.05, 3.63) is 63.4 Å². The van der Waals surface area contributed by atoms with Crippen molar-refractivity contribution in [2.75, 3.05) is 0 Å². The Hall–Kier alpha value is -2.21. The lowest BCUT2D eigenvalue weighted by Gasteiger charge is -2.02. The number of aromatic hydroxyl groups is 1. The lowest BCUT2D eigenvalue weighted by atomic mass is 10.1. The molecule has 108 valence electrons. The van der Waals surface area contributed by atoms with Crippen LogP contribution in [-0.2, 0) is 0 Å². The van der Waals surface area contributed by atoms with Crippen LogP contribution in [0.5, 0.6) is 5.75 Å². The Morgan fingerprint density at radius 2 is 2.00 bits per heavy atom. The minimum atomic E-state index is -0.768. The minimum Gasteiger partial charge on any atom is -0.504 e. The molecule has 0 atom stereocenters. The zero-order chi connectivity index (χ0) is 15.4. The van der Waals surface area contributed by atoms with Crippen LogP contribution in [-0.4, -0.2) is 17.2 Å². The fourth-order valence-electron chi connectivity index (χ4n) is 1.61. The Bertz CT molecular complexity index is 700. The van der Waals surface area contributed by atoms with E-state index in [1.165, 1.54) is 12.3 Å².